The Balaban J connectivity index is 1.99. The fourth-order valence-corrected chi connectivity index (χ4v) is 3.17. The molecule has 140 valence electrons. The summed E-state index contributed by atoms with van der Waals surface area (Å²) in [5.41, 5.74) is 0.227. The molecule has 0 fully saturated rings. The molecule has 0 unspecified atom stereocenters. The first-order valence-corrected chi connectivity index (χ1v) is 9.13. The van der Waals surface area contributed by atoms with Gasteiger partial charge in [-0.2, -0.15) is 0 Å². The van der Waals surface area contributed by atoms with Gasteiger partial charge in [0.2, 0.25) is 0 Å². The number of rotatable bonds is 5. The molecule has 27 heavy (non-hydrogen) atoms. The lowest BCUT2D eigenvalue weighted by molar-refractivity contribution is -0.147. The summed E-state index contributed by atoms with van der Waals surface area (Å²) in [7, 11) is 0. The van der Waals surface area contributed by atoms with Crippen molar-refractivity contribution in [1.82, 2.24) is 0 Å². The highest BCUT2D eigenvalue weighted by Crippen LogP contribution is 2.35. The Hall–Kier alpha value is -2.50. The van der Waals surface area contributed by atoms with E-state index in [0.717, 1.165) is 0 Å². The molecule has 1 aliphatic rings. The number of benzene rings is 2. The van der Waals surface area contributed by atoms with Crippen LogP contribution in [0, 0.1) is 0 Å². The highest BCUT2D eigenvalue weighted by atomic mass is 35.5. The average molecular weight is 405 g/mol. The second-order valence-electron chi connectivity index (χ2n) is 6.17. The molecule has 0 saturated heterocycles. The van der Waals surface area contributed by atoms with Crippen LogP contribution in [0.4, 0.5) is 11.4 Å². The van der Waals surface area contributed by atoms with Crippen LogP contribution in [0.25, 0.3) is 0 Å². The van der Waals surface area contributed by atoms with Crippen LogP contribution in [-0.4, -0.2) is 24.0 Å². The second-order valence-corrected chi connectivity index (χ2v) is 7.05. The number of hydrogen-bond acceptors (Lipinski definition) is 4. The van der Waals surface area contributed by atoms with Crippen LogP contribution < -0.4 is 10.2 Å². The number of hydrogen-bond donors (Lipinski definition) is 1. The number of ether oxygens (including phenoxy) is 1. The molecule has 7 heteroatoms. The van der Waals surface area contributed by atoms with Crippen LogP contribution in [0.15, 0.2) is 60.3 Å². The van der Waals surface area contributed by atoms with E-state index < -0.39 is 11.5 Å². The van der Waals surface area contributed by atoms with Gasteiger partial charge >= 0.3 is 5.97 Å². The van der Waals surface area contributed by atoms with Crippen molar-refractivity contribution in [2.45, 2.75) is 19.4 Å². The van der Waals surface area contributed by atoms with Gasteiger partial charge in [0.05, 0.1) is 6.61 Å². The zero-order valence-electron chi connectivity index (χ0n) is 14.8. The average Bonchev–Trinajstić information content (AvgIpc) is 2.90. The van der Waals surface area contributed by atoms with Crippen molar-refractivity contribution in [3.05, 3.63) is 70.3 Å². The Morgan fingerprint density at radius 3 is 2.19 bits per heavy atom. The highest BCUT2D eigenvalue weighted by molar-refractivity contribution is 6.31. The second kappa shape index (κ2) is 7.62. The molecule has 0 spiro atoms. The van der Waals surface area contributed by atoms with Crippen LogP contribution in [0.5, 0.6) is 0 Å². The summed E-state index contributed by atoms with van der Waals surface area (Å²) in [6, 6.07) is 13.7. The fourth-order valence-electron chi connectivity index (χ4n) is 2.92. The molecule has 2 aromatic rings. The molecular weight excluding hydrogens is 387 g/mol. The predicted octanol–water partition coefficient (Wildman–Crippen LogP) is 4.66. The molecule has 0 saturated carbocycles. The first-order chi connectivity index (χ1) is 12.8. The van der Waals surface area contributed by atoms with Gasteiger partial charge in [0.25, 0.3) is 5.91 Å². The zero-order valence-corrected chi connectivity index (χ0v) is 16.3. The van der Waals surface area contributed by atoms with E-state index in [1.54, 1.807) is 68.5 Å². The number of anilines is 2. The van der Waals surface area contributed by atoms with Crippen molar-refractivity contribution < 1.29 is 14.3 Å². The molecule has 1 atom stereocenters. The van der Waals surface area contributed by atoms with Gasteiger partial charge in [-0.3, -0.25) is 9.69 Å². The van der Waals surface area contributed by atoms with Gasteiger partial charge in [0.15, 0.2) is 5.54 Å². The quantitative estimate of drug-likeness (QED) is 0.736. The lowest BCUT2D eigenvalue weighted by Crippen LogP contribution is -2.51. The third-order valence-electron chi connectivity index (χ3n) is 4.22. The summed E-state index contributed by atoms with van der Waals surface area (Å²) in [6.07, 6.45) is 1.58. The topological polar surface area (TPSA) is 58.6 Å². The molecule has 1 amide bonds. The Labute approximate surface area is 167 Å². The molecule has 1 aliphatic heterocycles. The third-order valence-corrected chi connectivity index (χ3v) is 4.72. The van der Waals surface area contributed by atoms with E-state index in [4.69, 9.17) is 27.9 Å². The molecule has 0 aliphatic carbocycles. The van der Waals surface area contributed by atoms with Crippen LogP contribution >= 0.6 is 23.2 Å². The molecule has 1 heterocycles. The van der Waals surface area contributed by atoms with Gasteiger partial charge in [0.1, 0.15) is 5.70 Å². The molecule has 0 bridgehead atoms. The van der Waals surface area contributed by atoms with E-state index >= 15 is 0 Å². The van der Waals surface area contributed by atoms with Crippen LogP contribution in [-0.2, 0) is 14.3 Å². The highest BCUT2D eigenvalue weighted by Gasteiger charge is 2.49. The summed E-state index contributed by atoms with van der Waals surface area (Å²) in [6.45, 7) is 3.58. The summed E-state index contributed by atoms with van der Waals surface area (Å²) in [5.74, 6) is -0.857. The van der Waals surface area contributed by atoms with Crippen molar-refractivity contribution in [2.75, 3.05) is 16.8 Å². The van der Waals surface area contributed by atoms with Crippen molar-refractivity contribution in [1.29, 1.82) is 0 Å². The number of nitrogens with zero attached hydrogens (tertiary/aromatic N) is 1. The summed E-state index contributed by atoms with van der Waals surface area (Å²) in [5, 5.41) is 4.19. The molecule has 1 N–H and O–H groups in total. The molecular formula is C20H18Cl2N2O3. The molecule has 2 aromatic carbocycles. The summed E-state index contributed by atoms with van der Waals surface area (Å²) >= 11 is 11.9. The van der Waals surface area contributed by atoms with Crippen LogP contribution in [0.2, 0.25) is 10.0 Å². The van der Waals surface area contributed by atoms with Gasteiger partial charge in [0, 0.05) is 21.4 Å². The number of carbonyl (C=O) groups excluding carboxylic acids is 2. The maximum absolute atomic E-state index is 13.1. The van der Waals surface area contributed by atoms with Crippen molar-refractivity contribution >= 4 is 46.5 Å². The monoisotopic (exact) mass is 404 g/mol. The molecule has 5 nitrogen and oxygen atoms in total. The summed E-state index contributed by atoms with van der Waals surface area (Å²) < 4.78 is 5.22. The first kappa shape index (κ1) is 19.3. The van der Waals surface area contributed by atoms with Crippen molar-refractivity contribution in [2.24, 2.45) is 0 Å². The maximum Gasteiger partial charge on any atom is 0.336 e. The van der Waals surface area contributed by atoms with Crippen LogP contribution in [0.3, 0.4) is 0 Å². The third kappa shape index (κ3) is 3.80. The lowest BCUT2D eigenvalue weighted by Gasteiger charge is -2.32. The van der Waals surface area contributed by atoms with E-state index in [-0.39, 0.29) is 18.2 Å². The van der Waals surface area contributed by atoms with Crippen LogP contribution in [0.1, 0.15) is 13.8 Å². The standard InChI is InChI=1S/C20H18Cl2N2O3/c1-3-27-19(26)20(2)12-17(23-15-8-4-13(21)5-9-15)18(25)24(20)16-10-6-14(22)7-11-16/h4-12,23H,3H2,1-2H3/t20-/m1/s1. The van der Waals surface area contributed by atoms with Gasteiger partial charge < -0.3 is 10.1 Å². The van der Waals surface area contributed by atoms with Gasteiger partial charge in [-0.25, -0.2) is 4.79 Å². The minimum Gasteiger partial charge on any atom is -0.464 e. The first-order valence-electron chi connectivity index (χ1n) is 8.38. The maximum atomic E-state index is 13.1. The zero-order chi connectivity index (χ0) is 19.6. The Bertz CT molecular complexity index is 894. The fraction of sp³-hybridized carbons (Fsp3) is 0.200. The van der Waals surface area contributed by atoms with E-state index in [1.165, 1.54) is 4.90 Å². The number of esters is 1. The van der Waals surface area contributed by atoms with Crippen molar-refractivity contribution in [3.8, 4) is 0 Å². The SMILES string of the molecule is CCOC(=O)[C@@]1(C)C=C(Nc2ccc(Cl)cc2)C(=O)N1c1ccc(Cl)cc1. The van der Waals surface area contributed by atoms with E-state index in [9.17, 15) is 9.59 Å². The molecule has 0 aromatic heterocycles. The van der Waals surface area contributed by atoms with Gasteiger partial charge in [-0.15, -0.1) is 0 Å². The Morgan fingerprint density at radius 2 is 1.63 bits per heavy atom. The number of carbonyl (C=O) groups is 2. The summed E-state index contributed by atoms with van der Waals surface area (Å²) in [4.78, 5) is 27.2. The smallest absolute Gasteiger partial charge is 0.336 e. The molecule has 3 rings (SSSR count). The lowest BCUT2D eigenvalue weighted by atomic mass is 10.0. The van der Waals surface area contributed by atoms with E-state index in [1.807, 2.05) is 0 Å². The van der Waals surface area contributed by atoms with E-state index in [0.29, 0.717) is 21.4 Å². The Morgan fingerprint density at radius 1 is 1.07 bits per heavy atom. The predicted molar refractivity (Wildman–Crippen MR) is 107 cm³/mol. The largest absolute Gasteiger partial charge is 0.464 e. The number of halogens is 2. The Kier molecular flexibility index (Phi) is 5.44. The molecule has 0 radical (unpaired) electrons. The van der Waals surface area contributed by atoms with E-state index in [2.05, 4.69) is 5.32 Å². The minimum atomic E-state index is -1.28. The number of nitrogens with one attached hydrogen (secondary N) is 1. The van der Waals surface area contributed by atoms with Gasteiger partial charge in [-0.05, 0) is 68.5 Å². The normalized spacial score (nSPS) is 19.0. The van der Waals surface area contributed by atoms with Crippen molar-refractivity contribution in [3.63, 3.8) is 0 Å². The minimum absolute atomic E-state index is 0.213. The number of amides is 1. The van der Waals surface area contributed by atoms with Gasteiger partial charge in [-0.1, -0.05) is 23.2 Å².